The molecular weight excluding hydrogens is 256 g/mol. The van der Waals surface area contributed by atoms with E-state index < -0.39 is 33.1 Å². The summed E-state index contributed by atoms with van der Waals surface area (Å²) < 4.78 is 77.2. The third kappa shape index (κ3) is 12000000. The van der Waals surface area contributed by atoms with Gasteiger partial charge in [-0.15, -0.1) is 0 Å². The van der Waals surface area contributed by atoms with Crippen LogP contribution in [0.5, 0.6) is 0 Å². The molecule has 13 heteroatoms. The van der Waals surface area contributed by atoms with Gasteiger partial charge >= 0.3 is 10.4 Å². The summed E-state index contributed by atoms with van der Waals surface area (Å²) in [5, 5.41) is 0. The molecule has 0 fully saturated rings. The standard InChI is InChI=1S/H2O4S.2H2O3S/c1-5(2,3)4;2*1-4(2)3/h(H2,1,2,3,4);2*(H2,1,2,3). The van der Waals surface area contributed by atoms with E-state index in [0.717, 1.165) is 0 Å². The summed E-state index contributed by atoms with van der Waals surface area (Å²) in [6, 6.07) is 0. The highest BCUT2D eigenvalue weighted by molar-refractivity contribution is 7.79. The summed E-state index contributed by atoms with van der Waals surface area (Å²) in [5.74, 6) is 0. The fourth-order valence-electron chi connectivity index (χ4n) is 0. The molecule has 0 rings (SSSR count). The molecule has 0 saturated carbocycles. The van der Waals surface area contributed by atoms with Crippen LogP contribution in [0.25, 0.3) is 0 Å². The predicted molar refractivity (Wildman–Crippen MR) is 41.0 cm³/mol. The second kappa shape index (κ2) is 10.1. The molecule has 0 spiro atoms. The maximum atomic E-state index is 8.74. The van der Waals surface area contributed by atoms with Gasteiger partial charge in [0.1, 0.15) is 0 Å². The molecule has 0 aliphatic rings. The van der Waals surface area contributed by atoms with Crippen LogP contribution >= 0.6 is 0 Å². The van der Waals surface area contributed by atoms with Gasteiger partial charge in [0.25, 0.3) is 22.7 Å². The van der Waals surface area contributed by atoms with E-state index in [0.29, 0.717) is 0 Å². The number of rotatable bonds is 0. The lowest BCUT2D eigenvalue weighted by atomic mass is 15.8. The predicted octanol–water partition coefficient (Wildman–Crippen LogP) is -1.29. The van der Waals surface area contributed by atoms with Gasteiger partial charge in [0.15, 0.2) is 0 Å². The Hall–Kier alpha value is 0.01000. The molecular formula is H6O10S3. The van der Waals surface area contributed by atoms with Crippen molar-refractivity contribution >= 4 is 33.1 Å². The molecule has 84 valence electrons. The van der Waals surface area contributed by atoms with Crippen molar-refractivity contribution in [2.75, 3.05) is 0 Å². The second-order valence-electron chi connectivity index (χ2n) is 0.909. The van der Waals surface area contributed by atoms with E-state index >= 15 is 0 Å². The zero-order valence-electron chi connectivity index (χ0n) is 5.54. The van der Waals surface area contributed by atoms with Crippen molar-refractivity contribution in [2.24, 2.45) is 0 Å². The van der Waals surface area contributed by atoms with Gasteiger partial charge in [-0.1, -0.05) is 0 Å². The van der Waals surface area contributed by atoms with Crippen LogP contribution in [0.15, 0.2) is 0 Å². The minimum absolute atomic E-state index is 2.61. The zero-order valence-corrected chi connectivity index (χ0v) is 7.99. The highest BCUT2D eigenvalue weighted by Crippen LogP contribution is 1.59. The van der Waals surface area contributed by atoms with Crippen molar-refractivity contribution in [1.82, 2.24) is 0 Å². The van der Waals surface area contributed by atoms with Crippen LogP contribution in [0.2, 0.25) is 0 Å². The lowest BCUT2D eigenvalue weighted by molar-refractivity contribution is 0.380. The quantitative estimate of drug-likeness (QED) is 0.226. The first-order valence-corrected chi connectivity index (χ1v) is 5.29. The van der Waals surface area contributed by atoms with Crippen LogP contribution in [-0.2, 0) is 33.1 Å². The molecule has 0 amide bonds. The molecule has 0 aliphatic carbocycles. The molecule has 0 atom stereocenters. The van der Waals surface area contributed by atoms with Gasteiger partial charge in [-0.25, -0.2) is 0 Å². The molecule has 10 nitrogen and oxygen atoms in total. The van der Waals surface area contributed by atoms with Crippen LogP contribution < -0.4 is 0 Å². The van der Waals surface area contributed by atoms with Crippen molar-refractivity contribution in [3.63, 3.8) is 0 Å². The molecule has 0 unspecified atom stereocenters. The van der Waals surface area contributed by atoms with Crippen molar-refractivity contribution in [1.29, 1.82) is 0 Å². The second-order valence-corrected chi connectivity index (χ2v) is 2.73. The summed E-state index contributed by atoms with van der Waals surface area (Å²) in [4.78, 5) is 0. The van der Waals surface area contributed by atoms with Gasteiger partial charge in [-0.3, -0.25) is 27.3 Å². The van der Waals surface area contributed by atoms with E-state index in [1.807, 2.05) is 0 Å². The van der Waals surface area contributed by atoms with Crippen molar-refractivity contribution in [3.8, 4) is 0 Å². The van der Waals surface area contributed by atoms with E-state index in [1.54, 1.807) is 0 Å². The summed E-state index contributed by atoms with van der Waals surface area (Å²) in [5.41, 5.74) is 0. The molecule has 13 heavy (non-hydrogen) atoms. The smallest absolute Gasteiger partial charge is 0.284 e. The van der Waals surface area contributed by atoms with Gasteiger partial charge in [-0.2, -0.15) is 16.8 Å². The Balaban J connectivity index is -0.000000117. The largest absolute Gasteiger partial charge is 0.394 e. The number of hydrogen-bond donors (Lipinski definition) is 6. The Morgan fingerprint density at radius 3 is 0.769 bits per heavy atom. The third-order valence-corrected chi connectivity index (χ3v) is 0. The monoisotopic (exact) mass is 262 g/mol. The molecule has 0 aromatic heterocycles. The van der Waals surface area contributed by atoms with Crippen LogP contribution in [0.1, 0.15) is 0 Å². The normalized spacial score (nSPS) is 9.85. The van der Waals surface area contributed by atoms with Crippen LogP contribution in [0.4, 0.5) is 0 Å². The molecule has 6 N–H and O–H groups in total. The topological polar surface area (TPSA) is 190 Å². The fraction of sp³-hybridized carbons (Fsp3) is 0. The minimum Gasteiger partial charge on any atom is -0.284 e. The van der Waals surface area contributed by atoms with Gasteiger partial charge in [0, 0.05) is 0 Å². The zero-order chi connectivity index (χ0) is 11.7. The van der Waals surface area contributed by atoms with Crippen molar-refractivity contribution < 1.29 is 44.2 Å². The maximum absolute atomic E-state index is 8.74. The average molecular weight is 262 g/mol. The lowest BCUT2D eigenvalue weighted by Crippen LogP contribution is -1.89. The Morgan fingerprint density at radius 2 is 0.769 bits per heavy atom. The Bertz CT molecular complexity index is 205. The van der Waals surface area contributed by atoms with Gasteiger partial charge < -0.3 is 0 Å². The van der Waals surface area contributed by atoms with E-state index in [-0.39, 0.29) is 0 Å². The molecule has 0 bridgehead atoms. The molecule has 0 aromatic rings. The summed E-state index contributed by atoms with van der Waals surface area (Å²) in [7, 11) is -4.67. The van der Waals surface area contributed by atoms with Crippen LogP contribution in [-0.4, -0.2) is 44.2 Å². The SMILES string of the molecule is O=S(=O)(O)O.O=S(O)O.O=S(O)O. The molecule has 0 aliphatic heterocycles. The summed E-state index contributed by atoms with van der Waals surface area (Å²) >= 11 is -5.22. The highest BCUT2D eigenvalue weighted by atomic mass is 32.3. The lowest BCUT2D eigenvalue weighted by Gasteiger charge is -1.68. The average Bonchev–Trinajstić information content (AvgIpc) is 1.50. The first-order valence-electron chi connectivity index (χ1n) is 1.76. The number of hydrogen-bond acceptors (Lipinski definition) is 4. The van der Waals surface area contributed by atoms with Gasteiger partial charge in [0.2, 0.25) is 0 Å². The minimum atomic E-state index is -4.67. The fourth-order valence-corrected chi connectivity index (χ4v) is 0. The molecule has 0 radical (unpaired) electrons. The first kappa shape index (κ1) is 18.7. The van der Waals surface area contributed by atoms with E-state index in [1.165, 1.54) is 0 Å². The van der Waals surface area contributed by atoms with Crippen molar-refractivity contribution in [3.05, 3.63) is 0 Å². The van der Waals surface area contributed by atoms with E-state index in [2.05, 4.69) is 0 Å². The summed E-state index contributed by atoms with van der Waals surface area (Å²) in [6.07, 6.45) is 0. The maximum Gasteiger partial charge on any atom is 0.394 e. The van der Waals surface area contributed by atoms with E-state index in [9.17, 15) is 0 Å². The Kier molecular flexibility index (Phi) is 14.5. The van der Waals surface area contributed by atoms with Crippen LogP contribution in [0, 0.1) is 0 Å². The Morgan fingerprint density at radius 1 is 0.769 bits per heavy atom. The molecule has 0 aromatic carbocycles. The van der Waals surface area contributed by atoms with Crippen molar-refractivity contribution in [2.45, 2.75) is 0 Å². The summed E-state index contributed by atoms with van der Waals surface area (Å²) in [6.45, 7) is 0. The van der Waals surface area contributed by atoms with Gasteiger partial charge in [-0.05, 0) is 0 Å². The Labute approximate surface area is 77.8 Å². The first-order chi connectivity index (χ1) is 5.46. The van der Waals surface area contributed by atoms with E-state index in [4.69, 9.17) is 44.2 Å². The molecule has 0 heterocycles. The van der Waals surface area contributed by atoms with Gasteiger partial charge in [0.05, 0.1) is 0 Å². The third-order valence-electron chi connectivity index (χ3n) is 0. The highest BCUT2D eigenvalue weighted by Gasteiger charge is 1.84. The van der Waals surface area contributed by atoms with Crippen LogP contribution in [0.3, 0.4) is 0 Å². The molecule has 0 saturated heterocycles.